The van der Waals surface area contributed by atoms with E-state index in [2.05, 4.69) is 15.0 Å². The average molecular weight is 304 g/mol. The number of halogens is 1. The monoisotopic (exact) mass is 303 g/mol. The Balaban J connectivity index is 2.08. The molecule has 0 amide bonds. The van der Waals surface area contributed by atoms with Crippen LogP contribution >= 0.6 is 11.6 Å². The third-order valence-corrected chi connectivity index (χ3v) is 3.27. The molecule has 0 aliphatic heterocycles. The molecule has 0 aliphatic carbocycles. The lowest BCUT2D eigenvalue weighted by atomic mass is 10.2. The zero-order chi connectivity index (χ0) is 14.8. The summed E-state index contributed by atoms with van der Waals surface area (Å²) < 4.78 is 10.7. The molecule has 3 rings (SSSR count). The summed E-state index contributed by atoms with van der Waals surface area (Å²) in [5.74, 6) is 1.90. The van der Waals surface area contributed by atoms with Gasteiger partial charge in [0.05, 0.1) is 24.8 Å². The SMILES string of the molecule is CCOc1ccc2[nH]c(-c3ccc(Cl)cc3OC)nc2n1. The highest BCUT2D eigenvalue weighted by Crippen LogP contribution is 2.31. The zero-order valence-electron chi connectivity index (χ0n) is 11.7. The average Bonchev–Trinajstić information content (AvgIpc) is 2.90. The Bertz CT molecular complexity index is 786. The summed E-state index contributed by atoms with van der Waals surface area (Å²) in [7, 11) is 1.60. The molecule has 0 saturated heterocycles. The first kappa shape index (κ1) is 13.7. The third-order valence-electron chi connectivity index (χ3n) is 3.03. The van der Waals surface area contributed by atoms with E-state index in [1.54, 1.807) is 19.2 Å². The van der Waals surface area contributed by atoms with Gasteiger partial charge in [0.1, 0.15) is 11.6 Å². The fraction of sp³-hybridized carbons (Fsp3) is 0.200. The maximum Gasteiger partial charge on any atom is 0.215 e. The van der Waals surface area contributed by atoms with Crippen molar-refractivity contribution in [2.45, 2.75) is 6.92 Å². The van der Waals surface area contributed by atoms with E-state index in [1.807, 2.05) is 25.1 Å². The first-order valence-electron chi connectivity index (χ1n) is 6.54. The second-order valence-corrected chi connectivity index (χ2v) is 4.82. The summed E-state index contributed by atoms with van der Waals surface area (Å²) in [6.45, 7) is 2.49. The number of benzene rings is 1. The number of methoxy groups -OCH3 is 1. The molecule has 0 bridgehead atoms. The molecule has 2 heterocycles. The van der Waals surface area contributed by atoms with E-state index < -0.39 is 0 Å². The fourth-order valence-electron chi connectivity index (χ4n) is 2.09. The van der Waals surface area contributed by atoms with Gasteiger partial charge in [0.25, 0.3) is 0 Å². The van der Waals surface area contributed by atoms with Crippen LogP contribution in [0.2, 0.25) is 5.02 Å². The number of H-pyrrole nitrogens is 1. The van der Waals surface area contributed by atoms with Crippen molar-refractivity contribution in [3.05, 3.63) is 35.4 Å². The lowest BCUT2D eigenvalue weighted by Gasteiger charge is -2.05. The molecule has 1 N–H and O–H groups in total. The lowest BCUT2D eigenvalue weighted by molar-refractivity contribution is 0.328. The van der Waals surface area contributed by atoms with E-state index in [9.17, 15) is 0 Å². The number of ether oxygens (including phenoxy) is 2. The summed E-state index contributed by atoms with van der Waals surface area (Å²) in [5.41, 5.74) is 2.27. The Morgan fingerprint density at radius 3 is 2.81 bits per heavy atom. The van der Waals surface area contributed by atoms with Crippen molar-refractivity contribution in [2.24, 2.45) is 0 Å². The topological polar surface area (TPSA) is 60.0 Å². The zero-order valence-corrected chi connectivity index (χ0v) is 12.4. The Labute approximate surface area is 126 Å². The van der Waals surface area contributed by atoms with Crippen molar-refractivity contribution in [2.75, 3.05) is 13.7 Å². The molecule has 0 radical (unpaired) electrons. The van der Waals surface area contributed by atoms with Crippen LogP contribution in [0.3, 0.4) is 0 Å². The molecule has 0 saturated carbocycles. The first-order valence-corrected chi connectivity index (χ1v) is 6.92. The maximum absolute atomic E-state index is 5.98. The van der Waals surface area contributed by atoms with Gasteiger partial charge in [0.15, 0.2) is 5.65 Å². The highest BCUT2D eigenvalue weighted by molar-refractivity contribution is 6.30. The minimum atomic E-state index is 0.561. The molecular formula is C15H14ClN3O2. The van der Waals surface area contributed by atoms with Gasteiger partial charge in [-0.05, 0) is 31.2 Å². The number of aromatic nitrogens is 3. The van der Waals surface area contributed by atoms with Gasteiger partial charge in [0, 0.05) is 11.1 Å². The second-order valence-electron chi connectivity index (χ2n) is 4.38. The van der Waals surface area contributed by atoms with Crippen LogP contribution in [0.1, 0.15) is 6.92 Å². The van der Waals surface area contributed by atoms with Crippen LogP contribution in [-0.4, -0.2) is 28.7 Å². The van der Waals surface area contributed by atoms with Crippen LogP contribution < -0.4 is 9.47 Å². The molecule has 5 nitrogen and oxygen atoms in total. The quantitative estimate of drug-likeness (QED) is 0.798. The summed E-state index contributed by atoms with van der Waals surface area (Å²) in [5, 5.41) is 0.614. The van der Waals surface area contributed by atoms with Crippen molar-refractivity contribution < 1.29 is 9.47 Å². The molecule has 0 spiro atoms. The van der Waals surface area contributed by atoms with Gasteiger partial charge in [-0.1, -0.05) is 11.6 Å². The third kappa shape index (κ3) is 2.64. The van der Waals surface area contributed by atoms with Crippen molar-refractivity contribution >= 4 is 22.8 Å². The number of imidazole rings is 1. The Hall–Kier alpha value is -2.27. The van der Waals surface area contributed by atoms with Crippen molar-refractivity contribution in [1.82, 2.24) is 15.0 Å². The van der Waals surface area contributed by atoms with Crippen molar-refractivity contribution in [1.29, 1.82) is 0 Å². The normalized spacial score (nSPS) is 10.8. The van der Waals surface area contributed by atoms with E-state index in [0.29, 0.717) is 34.7 Å². The predicted molar refractivity (Wildman–Crippen MR) is 82.1 cm³/mol. The molecule has 1 aromatic carbocycles. The van der Waals surface area contributed by atoms with E-state index in [0.717, 1.165) is 11.1 Å². The van der Waals surface area contributed by atoms with E-state index in [1.165, 1.54) is 0 Å². The number of aromatic amines is 1. The Morgan fingerprint density at radius 1 is 1.19 bits per heavy atom. The molecule has 6 heteroatoms. The largest absolute Gasteiger partial charge is 0.496 e. The summed E-state index contributed by atoms with van der Waals surface area (Å²) in [4.78, 5) is 12.1. The van der Waals surface area contributed by atoms with E-state index >= 15 is 0 Å². The number of hydrogen-bond acceptors (Lipinski definition) is 4. The molecule has 108 valence electrons. The molecule has 0 aliphatic rings. The summed E-state index contributed by atoms with van der Waals surface area (Å²) in [6.07, 6.45) is 0. The smallest absolute Gasteiger partial charge is 0.215 e. The number of pyridine rings is 1. The van der Waals surface area contributed by atoms with Gasteiger partial charge >= 0.3 is 0 Å². The van der Waals surface area contributed by atoms with Gasteiger partial charge in [-0.15, -0.1) is 0 Å². The molecule has 2 aromatic heterocycles. The number of rotatable bonds is 4. The van der Waals surface area contributed by atoms with E-state index in [-0.39, 0.29) is 0 Å². The first-order chi connectivity index (χ1) is 10.2. The van der Waals surface area contributed by atoms with Crippen molar-refractivity contribution in [3.63, 3.8) is 0 Å². The number of nitrogens with zero attached hydrogens (tertiary/aromatic N) is 2. The lowest BCUT2D eigenvalue weighted by Crippen LogP contribution is -1.93. The summed E-state index contributed by atoms with van der Waals surface area (Å²) in [6, 6.07) is 9.12. The summed E-state index contributed by atoms with van der Waals surface area (Å²) >= 11 is 5.98. The second kappa shape index (κ2) is 5.61. The van der Waals surface area contributed by atoms with Crippen LogP contribution in [0, 0.1) is 0 Å². The van der Waals surface area contributed by atoms with Crippen LogP contribution in [0.4, 0.5) is 0 Å². The van der Waals surface area contributed by atoms with Crippen LogP contribution in [0.5, 0.6) is 11.6 Å². The number of nitrogens with one attached hydrogen (secondary N) is 1. The molecule has 21 heavy (non-hydrogen) atoms. The molecule has 3 aromatic rings. The minimum absolute atomic E-state index is 0.561. The number of hydrogen-bond donors (Lipinski definition) is 1. The molecule has 0 unspecified atom stereocenters. The standard InChI is InChI=1S/C15H14ClN3O2/c1-3-21-13-7-6-11-15(18-13)19-14(17-11)10-5-4-9(16)8-12(10)20-2/h4-8H,3H2,1-2H3,(H,17,18,19). The maximum atomic E-state index is 5.98. The molecule has 0 fully saturated rings. The van der Waals surface area contributed by atoms with Crippen LogP contribution in [0.25, 0.3) is 22.6 Å². The van der Waals surface area contributed by atoms with Gasteiger partial charge in [-0.25, -0.2) is 4.98 Å². The number of fused-ring (bicyclic) bond motifs is 1. The van der Waals surface area contributed by atoms with Crippen LogP contribution in [0.15, 0.2) is 30.3 Å². The van der Waals surface area contributed by atoms with Crippen LogP contribution in [-0.2, 0) is 0 Å². The minimum Gasteiger partial charge on any atom is -0.496 e. The fourth-order valence-corrected chi connectivity index (χ4v) is 2.25. The predicted octanol–water partition coefficient (Wildman–Crippen LogP) is 3.69. The van der Waals surface area contributed by atoms with Gasteiger partial charge in [-0.3, -0.25) is 0 Å². The van der Waals surface area contributed by atoms with Gasteiger partial charge in [0.2, 0.25) is 5.88 Å². The van der Waals surface area contributed by atoms with Crippen molar-refractivity contribution in [3.8, 4) is 23.0 Å². The highest BCUT2D eigenvalue weighted by atomic mass is 35.5. The molecular weight excluding hydrogens is 290 g/mol. The Kier molecular flexibility index (Phi) is 3.66. The van der Waals surface area contributed by atoms with E-state index in [4.69, 9.17) is 21.1 Å². The Morgan fingerprint density at radius 2 is 2.05 bits per heavy atom. The highest BCUT2D eigenvalue weighted by Gasteiger charge is 2.12. The molecule has 0 atom stereocenters. The van der Waals surface area contributed by atoms with Gasteiger partial charge < -0.3 is 14.5 Å². The van der Waals surface area contributed by atoms with Gasteiger partial charge in [-0.2, -0.15) is 4.98 Å².